The number of aliphatic hydroxyl groups is 1. The third-order valence-corrected chi connectivity index (χ3v) is 3.93. The van der Waals surface area contributed by atoms with Gasteiger partial charge in [-0.2, -0.15) is 26.3 Å². The molecule has 8 heteroatoms. The highest BCUT2D eigenvalue weighted by Crippen LogP contribution is 2.45. The molecule has 2 nitrogen and oxygen atoms in total. The van der Waals surface area contributed by atoms with Gasteiger partial charge < -0.3 is 5.11 Å². The van der Waals surface area contributed by atoms with Crippen LogP contribution in [0.3, 0.4) is 0 Å². The molecule has 24 heavy (non-hydrogen) atoms. The van der Waals surface area contributed by atoms with Crippen molar-refractivity contribution in [2.45, 2.75) is 43.6 Å². The summed E-state index contributed by atoms with van der Waals surface area (Å²) >= 11 is 0. The van der Waals surface area contributed by atoms with Crippen molar-refractivity contribution in [1.29, 1.82) is 0 Å². The molecule has 0 amide bonds. The van der Waals surface area contributed by atoms with Crippen molar-refractivity contribution in [2.24, 2.45) is 0 Å². The molecule has 0 unspecified atom stereocenters. The van der Waals surface area contributed by atoms with Crippen LogP contribution in [0.1, 0.15) is 36.8 Å². The zero-order chi connectivity index (χ0) is 18.2. The van der Waals surface area contributed by atoms with E-state index in [4.69, 9.17) is 0 Å². The van der Waals surface area contributed by atoms with Gasteiger partial charge >= 0.3 is 12.4 Å². The molecule has 0 saturated heterocycles. The van der Waals surface area contributed by atoms with Crippen LogP contribution in [0.5, 0.6) is 0 Å². The molecule has 0 aliphatic heterocycles. The van der Waals surface area contributed by atoms with Gasteiger partial charge in [0.2, 0.25) is 0 Å². The summed E-state index contributed by atoms with van der Waals surface area (Å²) in [6.07, 6.45) is -8.76. The molecule has 1 aromatic carbocycles. The first-order valence-electron chi connectivity index (χ1n) is 7.12. The third-order valence-electron chi connectivity index (χ3n) is 3.93. The van der Waals surface area contributed by atoms with Crippen LogP contribution in [-0.2, 0) is 16.6 Å². The molecule has 0 saturated carbocycles. The minimum atomic E-state index is -5.10. The fourth-order valence-corrected chi connectivity index (χ4v) is 2.63. The average Bonchev–Trinajstić information content (AvgIpc) is 2.45. The summed E-state index contributed by atoms with van der Waals surface area (Å²) in [6.45, 7) is 0. The van der Waals surface area contributed by atoms with E-state index >= 15 is 0 Å². The van der Waals surface area contributed by atoms with Gasteiger partial charge in [-0.3, -0.25) is 4.79 Å². The van der Waals surface area contributed by atoms with Crippen LogP contribution in [0.25, 0.3) is 0 Å². The van der Waals surface area contributed by atoms with Gasteiger partial charge in [0.25, 0.3) is 0 Å². The van der Waals surface area contributed by atoms with Crippen LogP contribution in [0, 0.1) is 0 Å². The van der Waals surface area contributed by atoms with Gasteiger partial charge in [-0.05, 0) is 36.6 Å². The molecule has 0 bridgehead atoms. The van der Waals surface area contributed by atoms with Crippen molar-refractivity contribution in [2.75, 3.05) is 0 Å². The first-order chi connectivity index (χ1) is 10.9. The van der Waals surface area contributed by atoms with E-state index in [0.717, 1.165) is 6.08 Å². The van der Waals surface area contributed by atoms with Crippen molar-refractivity contribution in [1.82, 2.24) is 0 Å². The SMILES string of the molecule is O=C1C=C(C[C@@](O)(c2ccc(C(F)(F)F)cc2)C(F)(F)F)CCC1. The number of halogens is 6. The molecule has 132 valence electrons. The summed E-state index contributed by atoms with van der Waals surface area (Å²) < 4.78 is 77.8. The number of carbonyl (C=O) groups excluding carboxylic acids is 1. The molecule has 1 aliphatic carbocycles. The molecule has 0 radical (unpaired) electrons. The molecule has 0 aromatic heterocycles. The van der Waals surface area contributed by atoms with Crippen LogP contribution < -0.4 is 0 Å². The van der Waals surface area contributed by atoms with Crippen LogP contribution >= 0.6 is 0 Å². The van der Waals surface area contributed by atoms with E-state index in [2.05, 4.69) is 0 Å². The number of ketones is 1. The maximum absolute atomic E-state index is 13.4. The predicted octanol–water partition coefficient (Wildman–Crippen LogP) is 4.52. The van der Waals surface area contributed by atoms with Gasteiger partial charge in [0, 0.05) is 12.8 Å². The lowest BCUT2D eigenvalue weighted by atomic mass is 9.82. The molecular formula is C16H14F6O2. The van der Waals surface area contributed by atoms with Crippen molar-refractivity contribution in [3.63, 3.8) is 0 Å². The molecule has 1 N–H and O–H groups in total. The van der Waals surface area contributed by atoms with Gasteiger partial charge in [-0.1, -0.05) is 17.7 Å². The Morgan fingerprint density at radius 2 is 1.46 bits per heavy atom. The molecular weight excluding hydrogens is 338 g/mol. The highest BCUT2D eigenvalue weighted by molar-refractivity contribution is 5.91. The maximum Gasteiger partial charge on any atom is 0.421 e. The minimum Gasteiger partial charge on any atom is -0.376 e. The number of carbonyl (C=O) groups is 1. The van der Waals surface area contributed by atoms with Gasteiger partial charge in [0.05, 0.1) is 5.56 Å². The second kappa shape index (κ2) is 6.23. The van der Waals surface area contributed by atoms with Crippen molar-refractivity contribution in [3.05, 3.63) is 47.0 Å². The Hall–Kier alpha value is -1.83. The lowest BCUT2D eigenvalue weighted by Crippen LogP contribution is -2.43. The third kappa shape index (κ3) is 3.80. The highest BCUT2D eigenvalue weighted by Gasteiger charge is 2.55. The normalized spacial score (nSPS) is 19.0. The zero-order valence-corrected chi connectivity index (χ0v) is 12.3. The second-order valence-corrected chi connectivity index (χ2v) is 5.73. The first kappa shape index (κ1) is 18.5. The molecule has 0 fully saturated rings. The number of allylic oxidation sites excluding steroid dienone is 1. The van der Waals surface area contributed by atoms with Gasteiger partial charge in [0.1, 0.15) is 0 Å². The highest BCUT2D eigenvalue weighted by atomic mass is 19.4. The number of hydrogen-bond donors (Lipinski definition) is 1. The first-order valence-corrected chi connectivity index (χ1v) is 7.12. The molecule has 2 rings (SSSR count). The monoisotopic (exact) mass is 352 g/mol. The van der Waals surface area contributed by atoms with Crippen molar-refractivity contribution < 1.29 is 36.2 Å². The van der Waals surface area contributed by atoms with E-state index in [1.54, 1.807) is 0 Å². The Bertz CT molecular complexity index is 642. The number of alkyl halides is 6. The topological polar surface area (TPSA) is 37.3 Å². The van der Waals surface area contributed by atoms with Crippen LogP contribution in [0.4, 0.5) is 26.3 Å². The summed E-state index contributed by atoms with van der Waals surface area (Å²) in [6, 6.07) is 2.21. The number of hydrogen-bond acceptors (Lipinski definition) is 2. The molecule has 1 aromatic rings. The lowest BCUT2D eigenvalue weighted by molar-refractivity contribution is -0.266. The van der Waals surface area contributed by atoms with Crippen molar-refractivity contribution in [3.8, 4) is 0 Å². The second-order valence-electron chi connectivity index (χ2n) is 5.73. The smallest absolute Gasteiger partial charge is 0.376 e. The summed E-state index contributed by atoms with van der Waals surface area (Å²) in [5.74, 6) is -0.326. The standard InChI is InChI=1S/C16H14F6O2/c17-15(18,19)12-6-4-11(5-7-12)14(24,16(20,21)22)9-10-2-1-3-13(23)8-10/h4-8,24H,1-3,9H2/t14-/m1/s1. The Kier molecular flexibility index (Phi) is 4.81. The molecule has 1 atom stereocenters. The fourth-order valence-electron chi connectivity index (χ4n) is 2.63. The Morgan fingerprint density at radius 3 is 1.92 bits per heavy atom. The molecule has 0 spiro atoms. The largest absolute Gasteiger partial charge is 0.421 e. The average molecular weight is 352 g/mol. The zero-order valence-electron chi connectivity index (χ0n) is 12.3. The number of benzene rings is 1. The van der Waals surface area contributed by atoms with Gasteiger partial charge in [-0.15, -0.1) is 0 Å². The quantitative estimate of drug-likeness (QED) is 0.812. The van der Waals surface area contributed by atoms with Crippen LogP contribution in [0.2, 0.25) is 0 Å². The summed E-state index contributed by atoms with van der Waals surface area (Å²) in [7, 11) is 0. The maximum atomic E-state index is 13.4. The molecule has 0 heterocycles. The van der Waals surface area contributed by atoms with E-state index < -0.39 is 35.5 Å². The Morgan fingerprint density at radius 1 is 0.917 bits per heavy atom. The van der Waals surface area contributed by atoms with E-state index in [9.17, 15) is 36.2 Å². The summed E-state index contributed by atoms with van der Waals surface area (Å²) in [5.41, 5.74) is -5.02. The van der Waals surface area contributed by atoms with Gasteiger partial charge in [0.15, 0.2) is 11.4 Å². The van der Waals surface area contributed by atoms with E-state index in [-0.39, 0.29) is 24.2 Å². The predicted molar refractivity (Wildman–Crippen MR) is 73.0 cm³/mol. The lowest BCUT2D eigenvalue weighted by Gasteiger charge is -2.32. The van der Waals surface area contributed by atoms with Crippen LogP contribution in [-0.4, -0.2) is 17.1 Å². The summed E-state index contributed by atoms with van der Waals surface area (Å²) in [4.78, 5) is 11.3. The van der Waals surface area contributed by atoms with Gasteiger partial charge in [-0.25, -0.2) is 0 Å². The van der Waals surface area contributed by atoms with E-state index in [0.29, 0.717) is 30.7 Å². The Labute approximate surface area is 133 Å². The van der Waals surface area contributed by atoms with E-state index in [1.807, 2.05) is 0 Å². The Balaban J connectivity index is 2.39. The van der Waals surface area contributed by atoms with Crippen LogP contribution in [0.15, 0.2) is 35.9 Å². The minimum absolute atomic E-state index is 0.131. The number of rotatable bonds is 3. The van der Waals surface area contributed by atoms with E-state index in [1.165, 1.54) is 0 Å². The molecule has 1 aliphatic rings. The fraction of sp³-hybridized carbons (Fsp3) is 0.438. The van der Waals surface area contributed by atoms with Crippen molar-refractivity contribution >= 4 is 5.78 Å². The summed E-state index contributed by atoms with van der Waals surface area (Å²) in [5, 5.41) is 10.2.